The predicted octanol–water partition coefficient (Wildman–Crippen LogP) is 2.40. The molecule has 1 heterocycles. The Bertz CT molecular complexity index is 269. The van der Waals surface area contributed by atoms with E-state index in [1.807, 2.05) is 0 Å². The van der Waals surface area contributed by atoms with Crippen LogP contribution in [0.15, 0.2) is 0 Å². The third-order valence-corrected chi connectivity index (χ3v) is 39.8. The highest BCUT2D eigenvalue weighted by Gasteiger charge is 2.65. The first-order chi connectivity index (χ1) is 6.51. The molecule has 0 atom stereocenters. The van der Waals surface area contributed by atoms with Crippen LogP contribution in [0.4, 0.5) is 0 Å². The van der Waals surface area contributed by atoms with Crippen molar-refractivity contribution in [3.05, 3.63) is 0 Å². The zero-order valence-electron chi connectivity index (χ0n) is 11.6. The molecule has 0 amide bonds. The lowest BCUT2D eigenvalue weighted by Crippen LogP contribution is -2.75. The van der Waals surface area contributed by atoms with Gasteiger partial charge in [-0.25, -0.2) is 4.58 Å². The Morgan fingerprint density at radius 3 is 1.60 bits per heavy atom. The third kappa shape index (κ3) is 2.01. The third-order valence-electron chi connectivity index (χ3n) is 3.74. The maximum atomic E-state index is 6.49. The molecule has 0 saturated heterocycles. The van der Waals surface area contributed by atoms with Gasteiger partial charge in [-0.2, -0.15) is 0 Å². The molecule has 15 heavy (non-hydrogen) atoms. The molecule has 0 fully saturated rings. The molecule has 0 aromatic rings. The quantitative estimate of drug-likeness (QED) is 0.548. The lowest BCUT2D eigenvalue weighted by atomic mass is 10.7. The highest BCUT2D eigenvalue weighted by atomic mass is 29.7. The van der Waals surface area contributed by atoms with Crippen molar-refractivity contribution < 1.29 is 9.00 Å². The van der Waals surface area contributed by atoms with Gasteiger partial charge in [0.2, 0.25) is 0 Å². The van der Waals surface area contributed by atoms with Gasteiger partial charge >= 0.3 is 5.90 Å². The Balaban J connectivity index is 3.16. The van der Waals surface area contributed by atoms with Crippen molar-refractivity contribution in [1.29, 1.82) is 0 Å². The molecule has 0 aromatic carbocycles. The van der Waals surface area contributed by atoms with Gasteiger partial charge in [-0.05, 0) is 0 Å². The predicted molar refractivity (Wildman–Crippen MR) is 75.3 cm³/mol. The zero-order chi connectivity index (χ0) is 12.1. The molecule has 1 aliphatic heterocycles. The molecule has 0 aliphatic carbocycles. The average Bonchev–Trinajstić information content (AvgIpc) is 2.26. The summed E-state index contributed by atoms with van der Waals surface area (Å²) in [7, 11) is -1.67. The summed E-state index contributed by atoms with van der Waals surface area (Å²) in [6.07, 6.45) is 1.24. The molecule has 0 aromatic heterocycles. The van der Waals surface area contributed by atoms with Crippen molar-refractivity contribution in [2.24, 2.45) is 0 Å². The summed E-state index contributed by atoms with van der Waals surface area (Å²) in [6.45, 7) is 17.2. The van der Waals surface area contributed by atoms with Crippen LogP contribution in [-0.2, 0) is 4.43 Å². The normalized spacial score (nSPS) is 21.9. The molecule has 2 nitrogen and oxygen atoms in total. The van der Waals surface area contributed by atoms with Crippen LogP contribution in [0.25, 0.3) is 0 Å². The van der Waals surface area contributed by atoms with Crippen LogP contribution in [0.2, 0.25) is 39.3 Å². The monoisotopic (exact) mass is 260 g/mol. The highest BCUT2D eigenvalue weighted by molar-refractivity contribution is 7.67. The van der Waals surface area contributed by atoms with E-state index in [-0.39, 0.29) is 0 Å². The second kappa shape index (κ2) is 3.56. The second-order valence-corrected chi connectivity index (χ2v) is 33.3. The molecule has 0 radical (unpaired) electrons. The van der Waals surface area contributed by atoms with E-state index < -0.39 is 22.5 Å². The summed E-state index contributed by atoms with van der Waals surface area (Å²) >= 11 is 0. The minimum Gasteiger partial charge on any atom is -0.501 e. The standard InChI is InChI=1S/C10H26NOSi3/c1-10-11(2)9-15(12-10,13(3,4)5)14(6,7)8/h9H2,1-8H3/q+1. The fourth-order valence-corrected chi connectivity index (χ4v) is 42.1. The van der Waals surface area contributed by atoms with Gasteiger partial charge in [0.1, 0.15) is 7.05 Å². The lowest BCUT2D eigenvalue weighted by molar-refractivity contribution is -0.478. The van der Waals surface area contributed by atoms with Crippen LogP contribution in [0.3, 0.4) is 0 Å². The first-order valence-electron chi connectivity index (χ1n) is 5.75. The highest BCUT2D eigenvalue weighted by Crippen LogP contribution is 2.33. The van der Waals surface area contributed by atoms with Gasteiger partial charge in [0, 0.05) is 0 Å². The van der Waals surface area contributed by atoms with Crippen molar-refractivity contribution in [3.63, 3.8) is 0 Å². The van der Waals surface area contributed by atoms with E-state index in [9.17, 15) is 0 Å². The van der Waals surface area contributed by atoms with E-state index in [1.54, 1.807) is 0 Å². The Morgan fingerprint density at radius 1 is 1.07 bits per heavy atom. The average molecular weight is 261 g/mol. The summed E-state index contributed by atoms with van der Waals surface area (Å²) in [5.41, 5.74) is 0. The molecule has 0 spiro atoms. The molecule has 0 unspecified atom stereocenters. The zero-order valence-corrected chi connectivity index (χ0v) is 14.6. The van der Waals surface area contributed by atoms with Crippen molar-refractivity contribution in [3.8, 4) is 0 Å². The Labute approximate surface area is 97.1 Å². The van der Waals surface area contributed by atoms with Crippen LogP contribution in [-0.4, -0.2) is 46.2 Å². The minimum absolute atomic E-state index is 1.17. The Morgan fingerprint density at radius 2 is 1.47 bits per heavy atom. The maximum Gasteiger partial charge on any atom is 0.318 e. The van der Waals surface area contributed by atoms with E-state index in [2.05, 4.69) is 57.8 Å². The van der Waals surface area contributed by atoms with Gasteiger partial charge in [0.15, 0.2) is 6.17 Å². The van der Waals surface area contributed by atoms with Gasteiger partial charge in [-0.3, -0.25) is 0 Å². The number of hydrogen-bond acceptors (Lipinski definition) is 1. The maximum absolute atomic E-state index is 6.49. The van der Waals surface area contributed by atoms with E-state index in [0.717, 1.165) is 0 Å². The van der Waals surface area contributed by atoms with Crippen molar-refractivity contribution in [2.75, 3.05) is 13.2 Å². The summed E-state index contributed by atoms with van der Waals surface area (Å²) in [6, 6.07) is 0. The molecular formula is C10H26NOSi3+. The van der Waals surface area contributed by atoms with E-state index in [1.165, 1.54) is 12.1 Å². The molecule has 0 saturated carbocycles. The molecule has 88 valence electrons. The van der Waals surface area contributed by atoms with Crippen molar-refractivity contribution in [1.82, 2.24) is 0 Å². The lowest BCUT2D eigenvalue weighted by Gasteiger charge is -2.42. The van der Waals surface area contributed by atoms with Crippen LogP contribution < -0.4 is 0 Å². The molecule has 1 aliphatic rings. The molecule has 0 N–H and O–H groups in total. The smallest absolute Gasteiger partial charge is 0.318 e. The van der Waals surface area contributed by atoms with Crippen LogP contribution in [0.5, 0.6) is 0 Å². The fraction of sp³-hybridized carbons (Fsp3) is 0.900. The first kappa shape index (κ1) is 13.2. The van der Waals surface area contributed by atoms with Crippen molar-refractivity contribution >= 4 is 28.4 Å². The Kier molecular flexibility index (Phi) is 3.13. The van der Waals surface area contributed by atoms with Gasteiger partial charge < -0.3 is 4.43 Å². The topological polar surface area (TPSA) is 12.2 Å². The van der Waals surface area contributed by atoms with Gasteiger partial charge in [0.05, 0.1) is 22.1 Å². The summed E-state index contributed by atoms with van der Waals surface area (Å²) < 4.78 is 8.84. The van der Waals surface area contributed by atoms with E-state index in [0.29, 0.717) is 0 Å². The molecule has 5 heteroatoms. The fourth-order valence-electron chi connectivity index (χ4n) is 2.71. The van der Waals surface area contributed by atoms with Gasteiger partial charge in [-0.15, -0.1) is 0 Å². The number of nitrogens with zero attached hydrogens (tertiary/aromatic N) is 1. The largest absolute Gasteiger partial charge is 0.501 e. The van der Waals surface area contributed by atoms with E-state index in [4.69, 9.17) is 4.43 Å². The SMILES string of the molecule is CC1=[N+](C)C[Si]([Si](C)(C)C)([Si](C)(C)C)O1. The van der Waals surface area contributed by atoms with Gasteiger partial charge in [0.25, 0.3) is 7.35 Å². The van der Waals surface area contributed by atoms with Crippen LogP contribution in [0.1, 0.15) is 6.92 Å². The van der Waals surface area contributed by atoms with E-state index >= 15 is 0 Å². The minimum atomic E-state index is -1.49. The van der Waals surface area contributed by atoms with Crippen molar-refractivity contribution in [2.45, 2.75) is 46.2 Å². The molecule has 1 rings (SSSR count). The van der Waals surface area contributed by atoms with Gasteiger partial charge in [-0.1, -0.05) is 39.3 Å². The molecule has 0 bridgehead atoms. The second-order valence-electron chi connectivity index (χ2n) is 6.80. The summed E-state index contributed by atoms with van der Waals surface area (Å²) in [5.74, 6) is 1.17. The van der Waals surface area contributed by atoms with Crippen LogP contribution in [0, 0.1) is 0 Å². The number of hydrogen-bond donors (Lipinski definition) is 0. The summed E-state index contributed by atoms with van der Waals surface area (Å²) in [4.78, 5) is 0. The first-order valence-corrected chi connectivity index (χ1v) is 16.9. The molecular weight excluding hydrogens is 234 g/mol. The Hall–Kier alpha value is 0.121. The van der Waals surface area contributed by atoms with Crippen LogP contribution >= 0.6 is 0 Å². The number of rotatable bonds is 2. The summed E-state index contributed by atoms with van der Waals surface area (Å²) in [5, 5.41) is 0.